The topological polar surface area (TPSA) is 86.6 Å². The van der Waals surface area contributed by atoms with Crippen molar-refractivity contribution in [1.82, 2.24) is 0 Å². The van der Waals surface area contributed by atoms with E-state index in [1.54, 1.807) is 5.70 Å². The van der Waals surface area contributed by atoms with E-state index in [2.05, 4.69) is 6.58 Å². The van der Waals surface area contributed by atoms with Crippen LogP contribution in [0.1, 0.15) is 0 Å². The van der Waals surface area contributed by atoms with Gasteiger partial charge in [0.15, 0.2) is 8.32 Å². The molecule has 0 amide bonds. The van der Waals surface area contributed by atoms with E-state index in [0.717, 1.165) is 0 Å². The van der Waals surface area contributed by atoms with Crippen LogP contribution in [0.4, 0.5) is 0 Å². The lowest BCUT2D eigenvalue weighted by atomic mass is 11.3. The van der Waals surface area contributed by atoms with Crippen LogP contribution in [0.3, 0.4) is 0 Å². The molecule has 0 rings (SSSR count). The molecule has 0 saturated heterocycles. The maximum absolute atomic E-state index is 10.8. The fourth-order valence-corrected chi connectivity index (χ4v) is 25.7. The molecule has 7 nitrogen and oxygen atoms in total. The fourth-order valence-electron chi connectivity index (χ4n) is 1.87. The molecule has 0 saturated carbocycles. The molecule has 2 N–H and O–H groups in total. The van der Waals surface area contributed by atoms with E-state index in [-0.39, 0.29) is 0 Å². The van der Waals surface area contributed by atoms with Gasteiger partial charge in [-0.3, -0.25) is 0 Å². The largest absolute Gasteiger partial charge is 0.535 e. The zero-order valence-corrected chi connectivity index (χ0v) is 18.7. The van der Waals surface area contributed by atoms with Gasteiger partial charge in [0.2, 0.25) is 0 Å². The molecule has 0 aliphatic rings. The molecule has 12 heteroatoms. The molecule has 21 heavy (non-hydrogen) atoms. The van der Waals surface area contributed by atoms with Gasteiger partial charge in [-0.05, 0) is 26.2 Å². The van der Waals surface area contributed by atoms with Crippen LogP contribution >= 0.6 is 0 Å². The predicted molar refractivity (Wildman–Crippen MR) is 90.1 cm³/mol. The smallest absolute Gasteiger partial charge is 0.433 e. The van der Waals surface area contributed by atoms with Gasteiger partial charge in [0, 0.05) is 21.3 Å². The van der Waals surface area contributed by atoms with Crippen molar-refractivity contribution >= 4 is 42.1 Å². The highest BCUT2D eigenvalue weighted by Gasteiger charge is 2.68. The zero-order chi connectivity index (χ0) is 16.9. The summed E-state index contributed by atoms with van der Waals surface area (Å²) in [6.07, 6.45) is 0. The Labute approximate surface area is 133 Å². The van der Waals surface area contributed by atoms with E-state index in [1.165, 1.54) is 21.3 Å². The van der Waals surface area contributed by atoms with Gasteiger partial charge in [-0.25, -0.2) is 0 Å². The number of hydrogen-bond acceptors (Lipinski definition) is 7. The quantitative estimate of drug-likeness (QED) is 0.517. The second-order valence-electron chi connectivity index (χ2n) is 5.34. The van der Waals surface area contributed by atoms with Gasteiger partial charge in [0.05, 0.1) is 0 Å². The predicted octanol–water partition coefficient (Wildman–Crippen LogP) is 0.151. The Morgan fingerprint density at radius 3 is 1.67 bits per heavy atom. The average molecular weight is 387 g/mol. The van der Waals surface area contributed by atoms with Crippen LogP contribution in [0, 0.1) is 0 Å². The summed E-state index contributed by atoms with van der Waals surface area (Å²) in [7, 11) is -8.82. The van der Waals surface area contributed by atoms with Crippen LogP contribution in [-0.4, -0.2) is 73.0 Å². The molecule has 0 aromatic heterocycles. The van der Waals surface area contributed by atoms with Crippen LogP contribution in [0.5, 0.6) is 0 Å². The highest BCUT2D eigenvalue weighted by Crippen LogP contribution is 2.25. The maximum atomic E-state index is 10.8. The van der Waals surface area contributed by atoms with E-state index in [0.29, 0.717) is 0 Å². The Hall–Kier alpha value is 0.544. The van der Waals surface area contributed by atoms with Crippen molar-refractivity contribution < 1.29 is 31.1 Å². The Balaban J connectivity index is 5.41. The molecule has 0 aliphatic heterocycles. The minimum absolute atomic E-state index is 0.862. The van der Waals surface area contributed by atoms with Crippen molar-refractivity contribution in [1.29, 1.82) is 0 Å². The molecule has 0 bridgehead atoms. The monoisotopic (exact) mass is 386 g/mol. The Morgan fingerprint density at radius 2 is 1.38 bits per heavy atom. The Kier molecular flexibility index (Phi) is 8.09. The van der Waals surface area contributed by atoms with Gasteiger partial charge in [-0.15, -0.1) is 6.58 Å². The van der Waals surface area contributed by atoms with Crippen LogP contribution < -0.4 is 0 Å². The maximum Gasteiger partial charge on any atom is 0.535 e. The van der Waals surface area contributed by atoms with Crippen LogP contribution in [0.25, 0.3) is 0 Å². The minimum atomic E-state index is -3.77. The van der Waals surface area contributed by atoms with E-state index < -0.39 is 42.1 Å². The minimum Gasteiger partial charge on any atom is -0.433 e. The molecule has 1 unspecified atom stereocenters. The van der Waals surface area contributed by atoms with Gasteiger partial charge >= 0.3 is 24.5 Å². The third-order valence-corrected chi connectivity index (χ3v) is 24.5. The molecule has 0 aromatic rings. The summed E-state index contributed by atoms with van der Waals surface area (Å²) in [4.78, 5) is 20.5. The van der Waals surface area contributed by atoms with E-state index in [9.17, 15) is 9.59 Å². The van der Waals surface area contributed by atoms with Gasteiger partial charge in [-0.2, -0.15) is 0 Å². The molecular formula is C9H26O7Si5. The highest BCUT2D eigenvalue weighted by molar-refractivity contribution is 7.50. The Morgan fingerprint density at radius 1 is 0.952 bits per heavy atom. The highest BCUT2D eigenvalue weighted by atomic mass is 29.7. The first-order chi connectivity index (χ1) is 9.47. The molecule has 1 atom stereocenters. The summed E-state index contributed by atoms with van der Waals surface area (Å²) in [6, 6.07) is 0. The van der Waals surface area contributed by atoms with Crippen molar-refractivity contribution in [2.24, 2.45) is 0 Å². The standard InChI is InChI=1S/C9H26O7Si5/c1-9-18(5,6)15-19(7,8)16-20(11,17-10)21(12-2,13-3)14-4/h9-11H,1H2,2-8H3. The van der Waals surface area contributed by atoms with Crippen LogP contribution in [-0.2, 0) is 21.5 Å². The number of rotatable bonds is 10. The molecule has 2 radical (unpaired) electrons. The fraction of sp³-hybridized carbons (Fsp3) is 0.778. The van der Waals surface area contributed by atoms with Crippen molar-refractivity contribution in [3.05, 3.63) is 12.3 Å². The second kappa shape index (κ2) is 7.89. The molecular weight excluding hydrogens is 361 g/mol. The molecule has 0 heterocycles. The SMILES string of the molecule is C=C[Si](C)(C)O[Si](C)(C)O[Si](O)([Si]O)[Si](OC)(OC)OC. The molecule has 0 spiro atoms. The molecule has 0 fully saturated rings. The Bertz CT molecular complexity index is 341. The van der Waals surface area contributed by atoms with Gasteiger partial charge in [-0.1, -0.05) is 5.70 Å². The van der Waals surface area contributed by atoms with Gasteiger partial charge < -0.3 is 31.1 Å². The van der Waals surface area contributed by atoms with Crippen molar-refractivity contribution in [2.75, 3.05) is 21.3 Å². The summed E-state index contributed by atoms with van der Waals surface area (Å²) in [6.45, 7) is 11.3. The molecule has 0 aromatic carbocycles. The first kappa shape index (κ1) is 21.5. The van der Waals surface area contributed by atoms with Gasteiger partial charge in [0.1, 0.15) is 0 Å². The zero-order valence-electron chi connectivity index (χ0n) is 13.7. The van der Waals surface area contributed by atoms with Crippen molar-refractivity contribution in [3.8, 4) is 0 Å². The first-order valence-electron chi connectivity index (χ1n) is 6.30. The first-order valence-corrected chi connectivity index (χ1v) is 18.6. The van der Waals surface area contributed by atoms with E-state index in [4.69, 9.17) is 21.5 Å². The summed E-state index contributed by atoms with van der Waals surface area (Å²) < 4.78 is 27.8. The summed E-state index contributed by atoms with van der Waals surface area (Å²) in [5.41, 5.74) is 1.79. The van der Waals surface area contributed by atoms with Gasteiger partial charge in [0.25, 0.3) is 9.28 Å². The average Bonchev–Trinajstić information content (AvgIpc) is 2.39. The van der Waals surface area contributed by atoms with Crippen LogP contribution in [0.2, 0.25) is 26.2 Å². The third-order valence-electron chi connectivity index (χ3n) is 2.77. The molecule has 0 aliphatic carbocycles. The lowest BCUT2D eigenvalue weighted by Gasteiger charge is -2.41. The summed E-state index contributed by atoms with van der Waals surface area (Å²) >= 11 is 0. The molecule has 124 valence electrons. The van der Waals surface area contributed by atoms with E-state index >= 15 is 0 Å². The summed E-state index contributed by atoms with van der Waals surface area (Å²) in [5.74, 6) is 0. The lowest BCUT2D eigenvalue weighted by Crippen LogP contribution is -2.76. The van der Waals surface area contributed by atoms with Crippen molar-refractivity contribution in [3.63, 3.8) is 0 Å². The second-order valence-corrected chi connectivity index (χ2v) is 25.3. The normalized spacial score (nSPS) is 16.6. The lowest BCUT2D eigenvalue weighted by molar-refractivity contribution is 0.130. The van der Waals surface area contributed by atoms with E-state index in [1.807, 2.05) is 26.2 Å². The number of hydrogen-bond donors (Lipinski definition) is 2. The van der Waals surface area contributed by atoms with Crippen molar-refractivity contribution in [2.45, 2.75) is 26.2 Å². The third kappa shape index (κ3) is 5.29. The van der Waals surface area contributed by atoms with Crippen LogP contribution in [0.15, 0.2) is 12.3 Å². The summed E-state index contributed by atoms with van der Waals surface area (Å²) in [5, 5.41) is 0.